The van der Waals surface area contributed by atoms with Crippen LogP contribution >= 0.6 is 0 Å². The minimum Gasteiger partial charge on any atom is -0.370 e. The number of hydrogen-bond donors (Lipinski definition) is 3. The molecule has 0 radical (unpaired) electrons. The van der Waals surface area contributed by atoms with Gasteiger partial charge >= 0.3 is 0 Å². The van der Waals surface area contributed by atoms with Crippen LogP contribution in [0.5, 0.6) is 0 Å². The first kappa shape index (κ1) is 12.0. The van der Waals surface area contributed by atoms with Crippen LogP contribution in [-0.4, -0.2) is 23.9 Å². The first-order valence-electron chi connectivity index (χ1n) is 5.33. The maximum Gasteiger partial charge on any atom is 0.237 e. The molecular weight excluding hydrogens is 194 g/mol. The van der Waals surface area contributed by atoms with Crippen LogP contribution in [0.1, 0.15) is 32.6 Å². The zero-order valence-electron chi connectivity index (χ0n) is 9.03. The van der Waals surface area contributed by atoms with Crippen molar-refractivity contribution in [2.75, 3.05) is 0 Å². The van der Waals surface area contributed by atoms with Crippen molar-refractivity contribution in [1.82, 2.24) is 5.32 Å². The van der Waals surface area contributed by atoms with Gasteiger partial charge in [-0.15, -0.1) is 0 Å². The van der Waals surface area contributed by atoms with Crippen molar-refractivity contribution in [1.29, 1.82) is 0 Å². The number of carbonyl (C=O) groups excluding carboxylic acids is 2. The molecule has 3 atom stereocenters. The van der Waals surface area contributed by atoms with Crippen LogP contribution < -0.4 is 16.8 Å². The smallest absolute Gasteiger partial charge is 0.237 e. The monoisotopic (exact) mass is 213 g/mol. The molecule has 0 spiro atoms. The molecule has 0 heterocycles. The normalized spacial score (nSPS) is 27.3. The third kappa shape index (κ3) is 3.87. The molecule has 1 fully saturated rings. The molecule has 3 unspecified atom stereocenters. The summed E-state index contributed by atoms with van der Waals surface area (Å²) in [6.07, 6.45) is 3.04. The van der Waals surface area contributed by atoms with Gasteiger partial charge < -0.3 is 16.8 Å². The first-order valence-corrected chi connectivity index (χ1v) is 5.33. The highest BCUT2D eigenvalue weighted by atomic mass is 16.2. The average molecular weight is 213 g/mol. The van der Waals surface area contributed by atoms with E-state index in [0.29, 0.717) is 5.92 Å². The fourth-order valence-corrected chi connectivity index (χ4v) is 1.96. The van der Waals surface area contributed by atoms with Crippen molar-refractivity contribution in [3.8, 4) is 0 Å². The number of hydrogen-bond acceptors (Lipinski definition) is 3. The van der Waals surface area contributed by atoms with Gasteiger partial charge in [-0.2, -0.15) is 0 Å². The lowest BCUT2D eigenvalue weighted by Crippen LogP contribution is -2.46. The second-order valence-electron chi connectivity index (χ2n) is 4.40. The summed E-state index contributed by atoms with van der Waals surface area (Å²) in [6, 6.07) is -0.593. The molecule has 1 rings (SSSR count). The Morgan fingerprint density at radius 1 is 1.47 bits per heavy atom. The summed E-state index contributed by atoms with van der Waals surface area (Å²) in [7, 11) is 0. The van der Waals surface area contributed by atoms with Gasteiger partial charge in [-0.3, -0.25) is 9.59 Å². The van der Waals surface area contributed by atoms with E-state index in [1.54, 1.807) is 0 Å². The van der Waals surface area contributed by atoms with E-state index in [1.165, 1.54) is 0 Å². The molecule has 5 nitrogen and oxygen atoms in total. The van der Waals surface area contributed by atoms with Gasteiger partial charge in [0.25, 0.3) is 0 Å². The van der Waals surface area contributed by atoms with Crippen LogP contribution in [0.2, 0.25) is 0 Å². The third-order valence-corrected chi connectivity index (χ3v) is 2.80. The van der Waals surface area contributed by atoms with Crippen LogP contribution in [0.15, 0.2) is 0 Å². The van der Waals surface area contributed by atoms with Gasteiger partial charge in [-0.25, -0.2) is 0 Å². The molecular formula is C10H19N3O2. The van der Waals surface area contributed by atoms with Crippen LogP contribution in [0.25, 0.3) is 0 Å². The number of amides is 2. The van der Waals surface area contributed by atoms with E-state index in [2.05, 4.69) is 12.2 Å². The molecule has 15 heavy (non-hydrogen) atoms. The molecule has 2 amide bonds. The van der Waals surface area contributed by atoms with E-state index in [-0.39, 0.29) is 18.4 Å². The minimum absolute atomic E-state index is 0.0892. The molecule has 0 aromatic rings. The van der Waals surface area contributed by atoms with Gasteiger partial charge in [0.2, 0.25) is 11.8 Å². The Balaban J connectivity index is 2.31. The lowest BCUT2D eigenvalue weighted by molar-refractivity contribution is -0.126. The fourth-order valence-electron chi connectivity index (χ4n) is 1.96. The molecule has 0 saturated heterocycles. The largest absolute Gasteiger partial charge is 0.370 e. The molecule has 1 aliphatic rings. The Morgan fingerprint density at radius 2 is 2.13 bits per heavy atom. The molecule has 0 aromatic carbocycles. The molecule has 0 aliphatic heterocycles. The Hall–Kier alpha value is -1.10. The number of primary amides is 1. The van der Waals surface area contributed by atoms with E-state index in [1.807, 2.05) is 0 Å². The Bertz CT molecular complexity index is 255. The zero-order chi connectivity index (χ0) is 11.4. The fraction of sp³-hybridized carbons (Fsp3) is 0.800. The van der Waals surface area contributed by atoms with Gasteiger partial charge in [0, 0.05) is 6.04 Å². The van der Waals surface area contributed by atoms with Gasteiger partial charge in [-0.1, -0.05) is 6.92 Å². The molecule has 5 N–H and O–H groups in total. The number of nitrogens with two attached hydrogens (primary N) is 2. The second kappa shape index (κ2) is 5.11. The van der Waals surface area contributed by atoms with Crippen molar-refractivity contribution in [3.63, 3.8) is 0 Å². The molecule has 0 bridgehead atoms. The van der Waals surface area contributed by atoms with Crippen LogP contribution in [0.3, 0.4) is 0 Å². The molecule has 86 valence electrons. The van der Waals surface area contributed by atoms with Crippen LogP contribution in [0.4, 0.5) is 0 Å². The van der Waals surface area contributed by atoms with Crippen molar-refractivity contribution in [2.24, 2.45) is 17.4 Å². The molecule has 0 aromatic heterocycles. The predicted molar refractivity (Wildman–Crippen MR) is 56.7 cm³/mol. The van der Waals surface area contributed by atoms with Crippen molar-refractivity contribution in [3.05, 3.63) is 0 Å². The molecule has 5 heteroatoms. The lowest BCUT2D eigenvalue weighted by Gasteiger charge is -2.15. The summed E-state index contributed by atoms with van der Waals surface area (Å²) in [5.41, 5.74) is 10.5. The Kier molecular flexibility index (Phi) is 4.08. The summed E-state index contributed by atoms with van der Waals surface area (Å²) in [5.74, 6) is -0.159. The van der Waals surface area contributed by atoms with Gasteiger partial charge in [0.15, 0.2) is 0 Å². The minimum atomic E-state index is -0.807. The van der Waals surface area contributed by atoms with E-state index in [0.717, 1.165) is 19.3 Å². The maximum atomic E-state index is 11.5. The Morgan fingerprint density at radius 3 is 2.60 bits per heavy atom. The summed E-state index contributed by atoms with van der Waals surface area (Å²) in [4.78, 5) is 22.1. The average Bonchev–Trinajstić information content (AvgIpc) is 2.50. The van der Waals surface area contributed by atoms with Gasteiger partial charge in [-0.05, 0) is 25.2 Å². The van der Waals surface area contributed by atoms with E-state index >= 15 is 0 Å². The summed E-state index contributed by atoms with van der Waals surface area (Å²) in [6.45, 7) is 2.16. The first-order chi connectivity index (χ1) is 6.99. The predicted octanol–water partition coefficient (Wildman–Crippen LogP) is -0.506. The summed E-state index contributed by atoms with van der Waals surface area (Å²) < 4.78 is 0. The SMILES string of the molecule is CC1CCC(NC(=O)C(N)CC(N)=O)C1. The lowest BCUT2D eigenvalue weighted by atomic mass is 10.1. The molecule has 1 aliphatic carbocycles. The summed E-state index contributed by atoms with van der Waals surface area (Å²) >= 11 is 0. The molecule has 1 saturated carbocycles. The summed E-state index contributed by atoms with van der Waals surface area (Å²) in [5, 5.41) is 2.84. The van der Waals surface area contributed by atoms with E-state index < -0.39 is 11.9 Å². The number of carbonyl (C=O) groups is 2. The van der Waals surface area contributed by atoms with E-state index in [4.69, 9.17) is 11.5 Å². The maximum absolute atomic E-state index is 11.5. The van der Waals surface area contributed by atoms with Crippen molar-refractivity contribution < 1.29 is 9.59 Å². The number of nitrogens with one attached hydrogen (secondary N) is 1. The van der Waals surface area contributed by atoms with Crippen LogP contribution in [0, 0.1) is 5.92 Å². The Labute approximate surface area is 89.6 Å². The van der Waals surface area contributed by atoms with Gasteiger partial charge in [0.05, 0.1) is 12.5 Å². The zero-order valence-corrected chi connectivity index (χ0v) is 9.03. The quantitative estimate of drug-likeness (QED) is 0.586. The second-order valence-corrected chi connectivity index (χ2v) is 4.40. The topological polar surface area (TPSA) is 98.2 Å². The van der Waals surface area contributed by atoms with Gasteiger partial charge in [0.1, 0.15) is 0 Å². The standard InChI is InChI=1S/C10H19N3O2/c1-6-2-3-7(4-6)13-10(15)8(11)5-9(12)14/h6-8H,2-5,11H2,1H3,(H2,12,14)(H,13,15). The van der Waals surface area contributed by atoms with Crippen molar-refractivity contribution >= 4 is 11.8 Å². The highest BCUT2D eigenvalue weighted by Crippen LogP contribution is 2.24. The number of rotatable bonds is 4. The van der Waals surface area contributed by atoms with Crippen LogP contribution in [-0.2, 0) is 9.59 Å². The van der Waals surface area contributed by atoms with Crippen molar-refractivity contribution in [2.45, 2.75) is 44.7 Å². The van der Waals surface area contributed by atoms with E-state index in [9.17, 15) is 9.59 Å². The third-order valence-electron chi connectivity index (χ3n) is 2.80. The highest BCUT2D eigenvalue weighted by Gasteiger charge is 2.25. The highest BCUT2D eigenvalue weighted by molar-refractivity contribution is 5.87.